The Bertz CT molecular complexity index is 571. The van der Waals surface area contributed by atoms with Gasteiger partial charge in [0, 0.05) is 17.1 Å². The molecule has 4 heteroatoms. The van der Waals surface area contributed by atoms with Crippen LogP contribution in [0.25, 0.3) is 11.3 Å². The minimum Gasteiger partial charge on any atom is -0.330 e. The molecule has 1 aliphatic heterocycles. The monoisotopic (exact) mass is 275 g/mol. The van der Waals surface area contributed by atoms with Crippen molar-refractivity contribution in [2.75, 3.05) is 13.1 Å². The zero-order valence-electron chi connectivity index (χ0n) is 11.1. The summed E-state index contributed by atoms with van der Waals surface area (Å²) in [4.78, 5) is 4.29. The molecule has 0 saturated carbocycles. The Morgan fingerprint density at radius 1 is 1.47 bits per heavy atom. The second-order valence-electron chi connectivity index (χ2n) is 5.25. The number of halogens is 1. The van der Waals surface area contributed by atoms with E-state index >= 15 is 0 Å². The molecule has 100 valence electrons. The number of nitrogens with one attached hydrogen (secondary N) is 1. The van der Waals surface area contributed by atoms with Crippen molar-refractivity contribution in [1.29, 1.82) is 0 Å². The largest absolute Gasteiger partial charge is 0.330 e. The summed E-state index contributed by atoms with van der Waals surface area (Å²) in [6.07, 6.45) is 5.08. The van der Waals surface area contributed by atoms with E-state index in [2.05, 4.69) is 27.0 Å². The number of benzene rings is 1. The highest BCUT2D eigenvalue weighted by Gasteiger charge is 2.16. The number of rotatable bonds is 3. The van der Waals surface area contributed by atoms with Crippen LogP contribution in [0.3, 0.4) is 0 Å². The average Bonchev–Trinajstić information content (AvgIpc) is 3.05. The van der Waals surface area contributed by atoms with E-state index in [-0.39, 0.29) is 0 Å². The van der Waals surface area contributed by atoms with E-state index in [9.17, 15) is 0 Å². The number of hydrogen-bond donors (Lipinski definition) is 1. The van der Waals surface area contributed by atoms with Crippen LogP contribution in [-0.4, -0.2) is 22.6 Å². The number of aromatic nitrogens is 2. The van der Waals surface area contributed by atoms with Gasteiger partial charge in [-0.1, -0.05) is 23.7 Å². The molecule has 1 atom stereocenters. The van der Waals surface area contributed by atoms with Gasteiger partial charge < -0.3 is 9.88 Å². The third-order valence-electron chi connectivity index (χ3n) is 3.80. The molecule has 2 heterocycles. The summed E-state index contributed by atoms with van der Waals surface area (Å²) < 4.78 is 2.23. The van der Waals surface area contributed by atoms with Crippen molar-refractivity contribution in [3.63, 3.8) is 0 Å². The topological polar surface area (TPSA) is 29.9 Å². The molecule has 3 rings (SSSR count). The summed E-state index contributed by atoms with van der Waals surface area (Å²) in [5.41, 5.74) is 3.39. The van der Waals surface area contributed by atoms with Gasteiger partial charge in [-0.05, 0) is 44.0 Å². The predicted octanol–water partition coefficient (Wildman–Crippen LogP) is 3.12. The average molecular weight is 276 g/mol. The minimum atomic E-state index is 0.703. The summed E-state index contributed by atoms with van der Waals surface area (Å²) in [6.45, 7) is 5.28. The second-order valence-corrected chi connectivity index (χ2v) is 5.66. The number of hydrogen-bond acceptors (Lipinski definition) is 2. The third-order valence-corrected chi connectivity index (χ3v) is 4.20. The van der Waals surface area contributed by atoms with Crippen molar-refractivity contribution in [3.05, 3.63) is 41.3 Å². The van der Waals surface area contributed by atoms with Crippen molar-refractivity contribution in [1.82, 2.24) is 14.9 Å². The summed E-state index contributed by atoms with van der Waals surface area (Å²) in [6, 6.07) is 6.20. The van der Waals surface area contributed by atoms with Gasteiger partial charge in [-0.2, -0.15) is 0 Å². The number of aryl methyl sites for hydroxylation is 1. The number of nitrogens with zero attached hydrogens (tertiary/aromatic N) is 2. The van der Waals surface area contributed by atoms with Crippen molar-refractivity contribution in [2.45, 2.75) is 19.9 Å². The fourth-order valence-corrected chi connectivity index (χ4v) is 2.79. The van der Waals surface area contributed by atoms with Gasteiger partial charge in [-0.25, -0.2) is 4.98 Å². The Hall–Kier alpha value is -1.32. The molecule has 0 bridgehead atoms. The van der Waals surface area contributed by atoms with Crippen molar-refractivity contribution >= 4 is 11.6 Å². The van der Waals surface area contributed by atoms with E-state index in [1.54, 1.807) is 0 Å². The first-order valence-electron chi connectivity index (χ1n) is 6.71. The van der Waals surface area contributed by atoms with Gasteiger partial charge in [-0.3, -0.25) is 0 Å². The van der Waals surface area contributed by atoms with Crippen molar-refractivity contribution in [3.8, 4) is 11.3 Å². The molecule has 0 radical (unpaired) electrons. The Labute approximate surface area is 118 Å². The van der Waals surface area contributed by atoms with E-state index in [4.69, 9.17) is 11.6 Å². The van der Waals surface area contributed by atoms with E-state index in [0.717, 1.165) is 41.5 Å². The second kappa shape index (κ2) is 5.35. The van der Waals surface area contributed by atoms with E-state index in [1.807, 2.05) is 25.5 Å². The van der Waals surface area contributed by atoms with Crippen LogP contribution in [0, 0.1) is 12.8 Å². The van der Waals surface area contributed by atoms with Gasteiger partial charge in [0.25, 0.3) is 0 Å². The van der Waals surface area contributed by atoms with Gasteiger partial charge in [0.05, 0.1) is 18.2 Å². The van der Waals surface area contributed by atoms with Crippen LogP contribution in [-0.2, 0) is 6.54 Å². The Kier molecular flexibility index (Phi) is 3.58. The van der Waals surface area contributed by atoms with Crippen LogP contribution in [0.2, 0.25) is 5.02 Å². The Morgan fingerprint density at radius 3 is 3.11 bits per heavy atom. The maximum atomic E-state index is 6.21. The molecule has 1 aromatic heterocycles. The quantitative estimate of drug-likeness (QED) is 0.933. The van der Waals surface area contributed by atoms with Crippen molar-refractivity contribution in [2.24, 2.45) is 5.92 Å². The zero-order chi connectivity index (χ0) is 13.2. The van der Waals surface area contributed by atoms with E-state index in [0.29, 0.717) is 5.92 Å². The normalized spacial score (nSPS) is 18.9. The van der Waals surface area contributed by atoms with Crippen LogP contribution in [0.15, 0.2) is 30.7 Å². The highest BCUT2D eigenvalue weighted by atomic mass is 35.5. The third kappa shape index (κ3) is 2.67. The minimum absolute atomic E-state index is 0.703. The van der Waals surface area contributed by atoms with Gasteiger partial charge >= 0.3 is 0 Å². The lowest BCUT2D eigenvalue weighted by Crippen LogP contribution is -2.14. The predicted molar refractivity (Wildman–Crippen MR) is 78.4 cm³/mol. The molecule has 0 amide bonds. The fraction of sp³-hybridized carbons (Fsp3) is 0.400. The van der Waals surface area contributed by atoms with E-state index in [1.165, 1.54) is 6.42 Å². The van der Waals surface area contributed by atoms with Crippen LogP contribution < -0.4 is 5.32 Å². The molecule has 19 heavy (non-hydrogen) atoms. The zero-order valence-corrected chi connectivity index (χ0v) is 11.8. The van der Waals surface area contributed by atoms with E-state index < -0.39 is 0 Å². The Balaban J connectivity index is 1.87. The van der Waals surface area contributed by atoms with Crippen LogP contribution in [0.1, 0.15) is 12.0 Å². The van der Waals surface area contributed by atoms with Crippen LogP contribution >= 0.6 is 11.6 Å². The number of imidazole rings is 1. The molecule has 2 aromatic rings. The first-order valence-corrected chi connectivity index (χ1v) is 7.09. The molecule has 1 unspecified atom stereocenters. The lowest BCUT2D eigenvalue weighted by molar-refractivity contribution is 0.484. The van der Waals surface area contributed by atoms with Crippen LogP contribution in [0.4, 0.5) is 0 Å². The first kappa shape index (κ1) is 12.7. The Morgan fingerprint density at radius 2 is 2.37 bits per heavy atom. The standard InChI is InChI=1S/C15H18ClN3/c1-11-2-3-13(6-14(11)16)15-8-18-10-19(15)9-12-4-5-17-7-12/h2-3,6,8,10,12,17H,4-5,7,9H2,1H3. The van der Waals surface area contributed by atoms with Gasteiger partial charge in [0.1, 0.15) is 0 Å². The molecule has 0 spiro atoms. The van der Waals surface area contributed by atoms with Crippen LogP contribution in [0.5, 0.6) is 0 Å². The SMILES string of the molecule is Cc1ccc(-c2cncn2CC2CCNC2)cc1Cl. The lowest BCUT2D eigenvalue weighted by atomic mass is 10.1. The molecule has 1 aromatic carbocycles. The first-order chi connectivity index (χ1) is 9.24. The summed E-state index contributed by atoms with van der Waals surface area (Å²) in [5.74, 6) is 0.703. The molecule has 3 nitrogen and oxygen atoms in total. The molecule has 1 aliphatic rings. The summed E-state index contributed by atoms with van der Waals surface area (Å²) in [5, 5.41) is 4.22. The van der Waals surface area contributed by atoms with Crippen molar-refractivity contribution < 1.29 is 0 Å². The molecule has 1 saturated heterocycles. The molecular formula is C15H18ClN3. The maximum Gasteiger partial charge on any atom is 0.0951 e. The highest BCUT2D eigenvalue weighted by molar-refractivity contribution is 6.31. The smallest absolute Gasteiger partial charge is 0.0951 e. The van der Waals surface area contributed by atoms with Gasteiger partial charge in [0.2, 0.25) is 0 Å². The molecule has 1 N–H and O–H groups in total. The van der Waals surface area contributed by atoms with Gasteiger partial charge in [-0.15, -0.1) is 0 Å². The molecule has 0 aliphatic carbocycles. The summed E-state index contributed by atoms with van der Waals surface area (Å²) >= 11 is 6.21. The molecule has 1 fully saturated rings. The lowest BCUT2D eigenvalue weighted by Gasteiger charge is -2.13. The van der Waals surface area contributed by atoms with Gasteiger partial charge in [0.15, 0.2) is 0 Å². The summed E-state index contributed by atoms with van der Waals surface area (Å²) in [7, 11) is 0. The highest BCUT2D eigenvalue weighted by Crippen LogP contribution is 2.26. The fourth-order valence-electron chi connectivity index (χ4n) is 2.61. The maximum absolute atomic E-state index is 6.21. The molecular weight excluding hydrogens is 258 g/mol.